The zero-order valence-electron chi connectivity index (χ0n) is 7.59. The maximum Gasteiger partial charge on any atom is 0.0410 e. The van der Waals surface area contributed by atoms with E-state index in [0.29, 0.717) is 5.88 Å². The minimum absolute atomic E-state index is 0.629. The number of halogens is 1. The highest BCUT2D eigenvalue weighted by Crippen LogP contribution is 2.30. The van der Waals surface area contributed by atoms with E-state index in [2.05, 4.69) is 30.3 Å². The molecule has 0 heterocycles. The molecule has 0 spiro atoms. The third-order valence-electron chi connectivity index (χ3n) is 2.58. The molecule has 0 unspecified atom stereocenters. The average Bonchev–Trinajstić information content (AvgIpc) is 2.19. The van der Waals surface area contributed by atoms with Gasteiger partial charge in [0.25, 0.3) is 0 Å². The lowest BCUT2D eigenvalue weighted by atomic mass is 9.87. The van der Waals surface area contributed by atoms with Crippen LogP contribution in [0.15, 0.2) is 30.3 Å². The van der Waals surface area contributed by atoms with Crippen LogP contribution in [0.3, 0.4) is 0 Å². The Hall–Kier alpha value is -0.750. The van der Waals surface area contributed by atoms with Crippen molar-refractivity contribution in [3.8, 4) is 0 Å². The quantitative estimate of drug-likeness (QED) is 0.596. The summed E-state index contributed by atoms with van der Waals surface area (Å²) in [5.74, 6) is 0.629. The number of hydrogen-bond acceptors (Lipinski definition) is 0. The second-order valence-electron chi connectivity index (χ2n) is 3.39. The van der Waals surface area contributed by atoms with E-state index >= 15 is 0 Å². The van der Waals surface area contributed by atoms with Crippen molar-refractivity contribution in [1.82, 2.24) is 0 Å². The predicted molar refractivity (Wildman–Crippen MR) is 58.1 cm³/mol. The summed E-state index contributed by atoms with van der Waals surface area (Å²) >= 11 is 5.72. The van der Waals surface area contributed by atoms with Crippen molar-refractivity contribution in [2.24, 2.45) is 0 Å². The molecule has 0 aromatic heterocycles. The summed E-state index contributed by atoms with van der Waals surface area (Å²) in [5.41, 5.74) is 4.32. The van der Waals surface area contributed by atoms with Gasteiger partial charge in [-0.25, -0.2) is 0 Å². The van der Waals surface area contributed by atoms with E-state index in [-0.39, 0.29) is 0 Å². The van der Waals surface area contributed by atoms with E-state index in [9.17, 15) is 0 Å². The fourth-order valence-electron chi connectivity index (χ4n) is 1.96. The van der Waals surface area contributed by atoms with Gasteiger partial charge in [-0.15, -0.1) is 11.6 Å². The molecule has 1 aromatic carbocycles. The Morgan fingerprint density at radius 3 is 2.92 bits per heavy atom. The molecular weight excluding hydrogens is 180 g/mol. The molecule has 0 radical (unpaired) electrons. The van der Waals surface area contributed by atoms with Crippen LogP contribution >= 0.6 is 11.6 Å². The Morgan fingerprint density at radius 2 is 2.08 bits per heavy atom. The second-order valence-corrected chi connectivity index (χ2v) is 3.70. The number of allylic oxidation sites excluding steroid dienone is 2. The van der Waals surface area contributed by atoms with Gasteiger partial charge < -0.3 is 0 Å². The average molecular weight is 193 g/mol. The standard InChI is InChI=1S/C12H13Cl/c13-9-8-11-6-3-5-10-4-1-2-7-12(10)11/h1-2,4,7-8H,3,5-6,9H2/b11-8-. The third kappa shape index (κ3) is 1.78. The normalized spacial score (nSPS) is 18.7. The van der Waals surface area contributed by atoms with Crippen molar-refractivity contribution in [3.63, 3.8) is 0 Å². The van der Waals surface area contributed by atoms with Gasteiger partial charge in [-0.2, -0.15) is 0 Å². The van der Waals surface area contributed by atoms with Gasteiger partial charge in [-0.3, -0.25) is 0 Å². The minimum Gasteiger partial charge on any atom is -0.122 e. The Bertz CT molecular complexity index is 326. The second kappa shape index (κ2) is 3.97. The molecule has 2 rings (SSSR count). The molecule has 0 fully saturated rings. The molecule has 0 aliphatic heterocycles. The van der Waals surface area contributed by atoms with Gasteiger partial charge in [0.1, 0.15) is 0 Å². The first kappa shape index (κ1) is 8.83. The number of benzene rings is 1. The summed E-state index contributed by atoms with van der Waals surface area (Å²) in [7, 11) is 0. The first-order chi connectivity index (χ1) is 6.42. The summed E-state index contributed by atoms with van der Waals surface area (Å²) in [6, 6.07) is 8.64. The highest BCUT2D eigenvalue weighted by Gasteiger charge is 2.11. The van der Waals surface area contributed by atoms with Crippen LogP contribution in [0.4, 0.5) is 0 Å². The number of aryl methyl sites for hydroxylation is 1. The van der Waals surface area contributed by atoms with Gasteiger partial charge in [0.15, 0.2) is 0 Å². The van der Waals surface area contributed by atoms with Crippen LogP contribution in [0, 0.1) is 0 Å². The number of hydrogen-bond donors (Lipinski definition) is 0. The predicted octanol–water partition coefficient (Wildman–Crippen LogP) is 3.65. The molecule has 1 aliphatic carbocycles. The number of fused-ring (bicyclic) bond motifs is 1. The number of rotatable bonds is 1. The lowest BCUT2D eigenvalue weighted by Gasteiger charge is -2.18. The Morgan fingerprint density at radius 1 is 1.23 bits per heavy atom. The summed E-state index contributed by atoms with van der Waals surface area (Å²) in [6.45, 7) is 0. The molecule has 68 valence electrons. The molecule has 0 atom stereocenters. The Balaban J connectivity index is 2.42. The molecule has 13 heavy (non-hydrogen) atoms. The molecule has 0 nitrogen and oxygen atoms in total. The highest BCUT2D eigenvalue weighted by molar-refractivity contribution is 6.19. The maximum atomic E-state index is 5.72. The van der Waals surface area contributed by atoms with E-state index in [1.165, 1.54) is 36.0 Å². The van der Waals surface area contributed by atoms with Crippen molar-refractivity contribution >= 4 is 17.2 Å². The monoisotopic (exact) mass is 192 g/mol. The van der Waals surface area contributed by atoms with Crippen LogP contribution in [-0.2, 0) is 6.42 Å². The lowest BCUT2D eigenvalue weighted by molar-refractivity contribution is 0.821. The van der Waals surface area contributed by atoms with Crippen LogP contribution in [0.1, 0.15) is 24.0 Å². The van der Waals surface area contributed by atoms with Gasteiger partial charge in [-0.1, -0.05) is 30.3 Å². The zero-order chi connectivity index (χ0) is 9.10. The van der Waals surface area contributed by atoms with Crippen LogP contribution in [-0.4, -0.2) is 5.88 Å². The van der Waals surface area contributed by atoms with Crippen molar-refractivity contribution < 1.29 is 0 Å². The van der Waals surface area contributed by atoms with Gasteiger partial charge in [0, 0.05) is 5.88 Å². The van der Waals surface area contributed by atoms with E-state index in [0.717, 1.165) is 0 Å². The van der Waals surface area contributed by atoms with Gasteiger partial charge in [-0.05, 0) is 36.0 Å². The summed E-state index contributed by atoms with van der Waals surface area (Å²) in [6.07, 6.45) is 5.80. The van der Waals surface area contributed by atoms with Gasteiger partial charge >= 0.3 is 0 Å². The summed E-state index contributed by atoms with van der Waals surface area (Å²) < 4.78 is 0. The fraction of sp³-hybridized carbons (Fsp3) is 0.333. The minimum atomic E-state index is 0.629. The van der Waals surface area contributed by atoms with E-state index in [1.54, 1.807) is 0 Å². The zero-order valence-corrected chi connectivity index (χ0v) is 8.35. The number of alkyl halides is 1. The summed E-state index contributed by atoms with van der Waals surface area (Å²) in [4.78, 5) is 0. The van der Waals surface area contributed by atoms with Crippen molar-refractivity contribution in [2.75, 3.05) is 5.88 Å². The van der Waals surface area contributed by atoms with Crippen molar-refractivity contribution in [3.05, 3.63) is 41.5 Å². The molecule has 1 aromatic rings. The molecule has 0 saturated heterocycles. The molecule has 0 amide bonds. The van der Waals surface area contributed by atoms with Crippen molar-refractivity contribution in [2.45, 2.75) is 19.3 Å². The smallest absolute Gasteiger partial charge is 0.0410 e. The van der Waals surface area contributed by atoms with Gasteiger partial charge in [0.05, 0.1) is 0 Å². The lowest BCUT2D eigenvalue weighted by Crippen LogP contribution is -2.01. The highest BCUT2D eigenvalue weighted by atomic mass is 35.5. The Kier molecular flexibility index (Phi) is 2.70. The maximum absolute atomic E-state index is 5.72. The van der Waals surface area contributed by atoms with Crippen LogP contribution in [0.5, 0.6) is 0 Å². The van der Waals surface area contributed by atoms with Crippen LogP contribution in [0.2, 0.25) is 0 Å². The van der Waals surface area contributed by atoms with Gasteiger partial charge in [0.2, 0.25) is 0 Å². The molecule has 0 N–H and O–H groups in total. The third-order valence-corrected chi connectivity index (χ3v) is 2.73. The Labute approximate surface area is 84.2 Å². The van der Waals surface area contributed by atoms with E-state index < -0.39 is 0 Å². The van der Waals surface area contributed by atoms with Crippen molar-refractivity contribution in [1.29, 1.82) is 0 Å². The molecule has 0 saturated carbocycles. The van der Waals surface area contributed by atoms with Crippen LogP contribution in [0.25, 0.3) is 5.57 Å². The molecule has 0 bridgehead atoms. The molecule has 1 aliphatic rings. The fourth-order valence-corrected chi connectivity index (χ4v) is 2.15. The molecule has 1 heteroatoms. The largest absolute Gasteiger partial charge is 0.122 e. The topological polar surface area (TPSA) is 0 Å². The van der Waals surface area contributed by atoms with E-state index in [4.69, 9.17) is 11.6 Å². The molecular formula is C12H13Cl. The first-order valence-electron chi connectivity index (χ1n) is 4.75. The SMILES string of the molecule is ClC/C=C1/CCCc2ccccc21. The van der Waals surface area contributed by atoms with Crippen LogP contribution < -0.4 is 0 Å². The van der Waals surface area contributed by atoms with E-state index in [1.807, 2.05) is 0 Å². The summed E-state index contributed by atoms with van der Waals surface area (Å²) in [5, 5.41) is 0. The first-order valence-corrected chi connectivity index (χ1v) is 5.28.